The van der Waals surface area contributed by atoms with Crippen LogP contribution >= 0.6 is 0 Å². The molecule has 0 aliphatic rings. The number of carbonyl (C=O) groups is 1. The van der Waals surface area contributed by atoms with Crippen LogP contribution in [0.5, 0.6) is 5.75 Å². The molecule has 0 aliphatic carbocycles. The van der Waals surface area contributed by atoms with Crippen LogP contribution in [0.3, 0.4) is 0 Å². The Balaban J connectivity index is 2.27. The van der Waals surface area contributed by atoms with Crippen LogP contribution in [-0.2, 0) is 10.9 Å². The topological polar surface area (TPSA) is 35.5 Å². The molecule has 3 nitrogen and oxygen atoms in total. The summed E-state index contributed by atoms with van der Waals surface area (Å²) in [6.07, 6.45) is -1.05. The van der Waals surface area contributed by atoms with Gasteiger partial charge in [0.25, 0.3) is 0 Å². The molecule has 25 heavy (non-hydrogen) atoms. The molecule has 0 heterocycles. The molecule has 0 radical (unpaired) electrons. The predicted molar refractivity (Wildman–Crippen MR) is 89.3 cm³/mol. The number of ether oxygens (including phenoxy) is 2. The number of methoxy groups -OCH3 is 1. The number of alkyl halides is 3. The van der Waals surface area contributed by atoms with E-state index in [1.54, 1.807) is 37.3 Å². The average Bonchev–Trinajstić information content (AvgIpc) is 2.59. The minimum atomic E-state index is -4.36. The van der Waals surface area contributed by atoms with Crippen LogP contribution in [0.15, 0.2) is 42.5 Å². The monoisotopic (exact) mass is 350 g/mol. The quantitative estimate of drug-likeness (QED) is 0.558. The second-order valence-electron chi connectivity index (χ2n) is 5.13. The standard InChI is InChI=1S/C19H17F3O3/c1-3-25-18(23)15-8-11-17(24-2)14(12-15)7-4-13-5-9-16(10-6-13)19(20,21)22/h4-12H,3H2,1-2H3. The van der Waals surface area contributed by atoms with Crippen molar-refractivity contribution < 1.29 is 27.4 Å². The predicted octanol–water partition coefficient (Wildman–Crippen LogP) is 5.06. The van der Waals surface area contributed by atoms with Gasteiger partial charge in [0.05, 0.1) is 24.8 Å². The lowest BCUT2D eigenvalue weighted by atomic mass is 10.1. The Morgan fingerprint density at radius 3 is 2.32 bits per heavy atom. The van der Waals surface area contributed by atoms with Crippen molar-refractivity contribution in [3.63, 3.8) is 0 Å². The van der Waals surface area contributed by atoms with Crippen molar-refractivity contribution in [1.29, 1.82) is 0 Å². The zero-order valence-corrected chi connectivity index (χ0v) is 13.8. The Kier molecular flexibility index (Phi) is 5.85. The van der Waals surface area contributed by atoms with Crippen molar-refractivity contribution in [1.82, 2.24) is 0 Å². The van der Waals surface area contributed by atoms with Crippen LogP contribution in [0.2, 0.25) is 0 Å². The van der Waals surface area contributed by atoms with Crippen molar-refractivity contribution in [2.45, 2.75) is 13.1 Å². The van der Waals surface area contributed by atoms with Crippen LogP contribution in [0, 0.1) is 0 Å². The Morgan fingerprint density at radius 1 is 1.08 bits per heavy atom. The van der Waals surface area contributed by atoms with Gasteiger partial charge in [-0.2, -0.15) is 13.2 Å². The fourth-order valence-corrected chi connectivity index (χ4v) is 2.18. The van der Waals surface area contributed by atoms with E-state index in [1.165, 1.54) is 19.2 Å². The summed E-state index contributed by atoms with van der Waals surface area (Å²) in [6.45, 7) is 1.98. The van der Waals surface area contributed by atoms with E-state index in [-0.39, 0.29) is 6.61 Å². The first-order chi connectivity index (χ1) is 11.8. The largest absolute Gasteiger partial charge is 0.496 e. The molecule has 0 N–H and O–H groups in total. The SMILES string of the molecule is CCOC(=O)c1ccc(OC)c(C=Cc2ccc(C(F)(F)F)cc2)c1. The lowest BCUT2D eigenvalue weighted by Gasteiger charge is -2.08. The normalized spacial score (nSPS) is 11.6. The zero-order chi connectivity index (χ0) is 18.4. The summed E-state index contributed by atoms with van der Waals surface area (Å²) in [7, 11) is 1.49. The molecule has 0 aromatic heterocycles. The molecule has 0 spiro atoms. The Hall–Kier alpha value is -2.76. The summed E-state index contributed by atoms with van der Waals surface area (Å²) < 4.78 is 47.9. The van der Waals surface area contributed by atoms with Gasteiger partial charge < -0.3 is 9.47 Å². The van der Waals surface area contributed by atoms with Crippen LogP contribution in [0.25, 0.3) is 12.2 Å². The van der Waals surface area contributed by atoms with Crippen molar-refractivity contribution in [3.05, 3.63) is 64.7 Å². The Labute approximate surface area is 143 Å². The van der Waals surface area contributed by atoms with Crippen molar-refractivity contribution in [2.24, 2.45) is 0 Å². The maximum atomic E-state index is 12.6. The number of halogens is 3. The van der Waals surface area contributed by atoms with Gasteiger partial charge in [-0.05, 0) is 42.8 Å². The van der Waals surface area contributed by atoms with Crippen molar-refractivity contribution in [3.8, 4) is 5.75 Å². The van der Waals surface area contributed by atoms with Gasteiger partial charge in [-0.3, -0.25) is 0 Å². The molecule has 0 aliphatic heterocycles. The summed E-state index contributed by atoms with van der Waals surface area (Å²) >= 11 is 0. The van der Waals surface area contributed by atoms with E-state index in [1.807, 2.05) is 0 Å². The summed E-state index contributed by atoms with van der Waals surface area (Å²) in [5.74, 6) is 0.0885. The van der Waals surface area contributed by atoms with Gasteiger partial charge in [0.15, 0.2) is 0 Å². The number of benzene rings is 2. The fourth-order valence-electron chi connectivity index (χ4n) is 2.18. The van der Waals surface area contributed by atoms with E-state index in [4.69, 9.17) is 9.47 Å². The first kappa shape index (κ1) is 18.6. The highest BCUT2D eigenvalue weighted by Gasteiger charge is 2.29. The Bertz CT molecular complexity index is 762. The molecule has 132 valence electrons. The summed E-state index contributed by atoms with van der Waals surface area (Å²) in [4.78, 5) is 11.8. The molecule has 6 heteroatoms. The third-order valence-corrected chi connectivity index (χ3v) is 3.43. The maximum absolute atomic E-state index is 12.6. The van der Waals surface area contributed by atoms with Crippen molar-refractivity contribution in [2.75, 3.05) is 13.7 Å². The van der Waals surface area contributed by atoms with Crippen LogP contribution in [0.4, 0.5) is 13.2 Å². The minimum Gasteiger partial charge on any atom is -0.496 e. The van der Waals surface area contributed by atoms with E-state index in [0.29, 0.717) is 22.4 Å². The minimum absolute atomic E-state index is 0.265. The second-order valence-corrected chi connectivity index (χ2v) is 5.13. The first-order valence-corrected chi connectivity index (χ1v) is 7.55. The van der Waals surface area contributed by atoms with Gasteiger partial charge in [-0.15, -0.1) is 0 Å². The molecule has 0 amide bonds. The molecule has 0 atom stereocenters. The average molecular weight is 350 g/mol. The molecule has 0 saturated heterocycles. The lowest BCUT2D eigenvalue weighted by Crippen LogP contribution is -2.05. The van der Waals surface area contributed by atoms with E-state index in [0.717, 1.165) is 12.1 Å². The molecule has 0 bridgehead atoms. The number of hydrogen-bond acceptors (Lipinski definition) is 3. The van der Waals surface area contributed by atoms with Crippen molar-refractivity contribution >= 4 is 18.1 Å². The molecule has 2 aromatic rings. The van der Waals surface area contributed by atoms with E-state index >= 15 is 0 Å². The van der Waals surface area contributed by atoms with E-state index in [9.17, 15) is 18.0 Å². The molecule has 0 unspecified atom stereocenters. The molecule has 0 saturated carbocycles. The summed E-state index contributed by atoms with van der Waals surface area (Å²) in [5, 5.41) is 0. The third-order valence-electron chi connectivity index (χ3n) is 3.43. The van der Waals surface area contributed by atoms with Gasteiger partial charge in [0.1, 0.15) is 5.75 Å². The van der Waals surface area contributed by atoms with Gasteiger partial charge in [0, 0.05) is 5.56 Å². The highest BCUT2D eigenvalue weighted by Crippen LogP contribution is 2.29. The molecular weight excluding hydrogens is 333 g/mol. The molecule has 0 fully saturated rings. The summed E-state index contributed by atoms with van der Waals surface area (Å²) in [5.41, 5.74) is 0.880. The van der Waals surface area contributed by atoms with Gasteiger partial charge in [0.2, 0.25) is 0 Å². The summed E-state index contributed by atoms with van der Waals surface area (Å²) in [6, 6.07) is 9.63. The Morgan fingerprint density at radius 2 is 1.76 bits per heavy atom. The third kappa shape index (κ3) is 4.86. The lowest BCUT2D eigenvalue weighted by molar-refractivity contribution is -0.137. The highest BCUT2D eigenvalue weighted by atomic mass is 19.4. The highest BCUT2D eigenvalue weighted by molar-refractivity contribution is 5.91. The van der Waals surface area contributed by atoms with Gasteiger partial charge in [-0.1, -0.05) is 24.3 Å². The maximum Gasteiger partial charge on any atom is 0.416 e. The van der Waals surface area contributed by atoms with Crippen LogP contribution < -0.4 is 4.74 Å². The molecule has 2 aromatic carbocycles. The first-order valence-electron chi connectivity index (χ1n) is 7.55. The number of carbonyl (C=O) groups excluding carboxylic acids is 1. The fraction of sp³-hybridized carbons (Fsp3) is 0.211. The number of hydrogen-bond donors (Lipinski definition) is 0. The zero-order valence-electron chi connectivity index (χ0n) is 13.8. The number of esters is 1. The van der Waals surface area contributed by atoms with Gasteiger partial charge >= 0.3 is 12.1 Å². The van der Waals surface area contributed by atoms with E-state index in [2.05, 4.69) is 0 Å². The molecular formula is C19H17F3O3. The molecule has 2 rings (SSSR count). The smallest absolute Gasteiger partial charge is 0.416 e. The van der Waals surface area contributed by atoms with Gasteiger partial charge in [-0.25, -0.2) is 4.79 Å². The van der Waals surface area contributed by atoms with Crippen LogP contribution in [-0.4, -0.2) is 19.7 Å². The number of rotatable bonds is 5. The van der Waals surface area contributed by atoms with Crippen LogP contribution in [0.1, 0.15) is 34.0 Å². The second kappa shape index (κ2) is 7.88. The van der Waals surface area contributed by atoms with E-state index < -0.39 is 17.7 Å².